The van der Waals surface area contributed by atoms with E-state index in [2.05, 4.69) is 4.90 Å². The molecule has 3 aliphatic heterocycles. The highest BCUT2D eigenvalue weighted by atomic mass is 19.1. The predicted molar refractivity (Wildman–Crippen MR) is 87.6 cm³/mol. The largest absolute Gasteiger partial charge is 0.472 e. The van der Waals surface area contributed by atoms with E-state index in [1.807, 2.05) is 0 Å². The van der Waals surface area contributed by atoms with Crippen molar-refractivity contribution in [3.8, 4) is 11.1 Å². The van der Waals surface area contributed by atoms with Crippen LogP contribution in [0.3, 0.4) is 0 Å². The lowest BCUT2D eigenvalue weighted by Crippen LogP contribution is -2.58. The highest BCUT2D eigenvalue weighted by molar-refractivity contribution is 5.93. The Morgan fingerprint density at radius 3 is 2.67 bits per heavy atom. The number of carbonyl (C=O) groups is 1. The Hall–Kier alpha value is -2.34. The Morgan fingerprint density at radius 2 is 2.08 bits per heavy atom. The lowest BCUT2D eigenvalue weighted by Gasteiger charge is -2.48. The first-order valence-electron chi connectivity index (χ1n) is 8.20. The van der Waals surface area contributed by atoms with Crippen LogP contribution in [-0.4, -0.2) is 41.8 Å². The molecule has 1 aromatic heterocycles. The summed E-state index contributed by atoms with van der Waals surface area (Å²) in [6.07, 6.45) is 4.04. The van der Waals surface area contributed by atoms with Gasteiger partial charge in [0.25, 0.3) is 0 Å². The molecule has 1 unspecified atom stereocenters. The van der Waals surface area contributed by atoms with Gasteiger partial charge < -0.3 is 14.4 Å². The van der Waals surface area contributed by atoms with Crippen LogP contribution in [0.4, 0.5) is 14.9 Å². The number of rotatable bonds is 3. The molecule has 0 spiro atoms. The van der Waals surface area contributed by atoms with Crippen LogP contribution in [0.5, 0.6) is 0 Å². The third kappa shape index (κ3) is 2.57. The molecule has 126 valence electrons. The minimum absolute atomic E-state index is 0.0962. The molecular formula is C18H19FN2O3. The van der Waals surface area contributed by atoms with Gasteiger partial charge >= 0.3 is 6.09 Å². The van der Waals surface area contributed by atoms with Gasteiger partial charge in [-0.3, -0.25) is 4.90 Å². The topological polar surface area (TPSA) is 56.9 Å². The van der Waals surface area contributed by atoms with Gasteiger partial charge in [0.1, 0.15) is 5.82 Å². The molecule has 3 aliphatic rings. The second-order valence-corrected chi connectivity index (χ2v) is 6.53. The van der Waals surface area contributed by atoms with E-state index in [1.165, 1.54) is 29.6 Å². The summed E-state index contributed by atoms with van der Waals surface area (Å²) < 4.78 is 18.9. The van der Waals surface area contributed by atoms with E-state index in [1.54, 1.807) is 12.1 Å². The van der Waals surface area contributed by atoms with E-state index in [9.17, 15) is 14.3 Å². The summed E-state index contributed by atoms with van der Waals surface area (Å²) >= 11 is 0. The molecule has 3 fully saturated rings. The SMILES string of the molecule is O=C(O)N(c1ccc(F)cc1-c1ccoc1)C1CN2CCC1CC2. The number of halogens is 1. The van der Waals surface area contributed by atoms with Gasteiger partial charge in [-0.2, -0.15) is 0 Å². The van der Waals surface area contributed by atoms with Gasteiger partial charge in [0, 0.05) is 17.7 Å². The van der Waals surface area contributed by atoms with Gasteiger partial charge in [0.2, 0.25) is 0 Å². The fourth-order valence-electron chi connectivity index (χ4n) is 4.02. The maximum absolute atomic E-state index is 13.8. The molecule has 1 aromatic carbocycles. The number of piperidine rings is 3. The van der Waals surface area contributed by atoms with Crippen molar-refractivity contribution in [3.63, 3.8) is 0 Å². The maximum Gasteiger partial charge on any atom is 0.412 e. The summed E-state index contributed by atoms with van der Waals surface area (Å²) in [5.74, 6) is -0.0393. The molecular weight excluding hydrogens is 311 g/mol. The van der Waals surface area contributed by atoms with Crippen LogP contribution in [0, 0.1) is 11.7 Å². The highest BCUT2D eigenvalue weighted by Gasteiger charge is 2.40. The normalized spacial score (nSPS) is 25.6. The van der Waals surface area contributed by atoms with Gasteiger partial charge in [-0.05, 0) is 56.1 Å². The van der Waals surface area contributed by atoms with Gasteiger partial charge in [0.15, 0.2) is 0 Å². The van der Waals surface area contributed by atoms with E-state index in [0.29, 0.717) is 22.7 Å². The standard InChI is InChI=1S/C18H19FN2O3/c19-14-1-2-16(15(9-14)13-5-8-24-11-13)21(18(22)23)17-10-20-6-3-12(17)4-7-20/h1-2,5,8-9,11-12,17H,3-4,6-7,10H2,(H,22,23). The second kappa shape index (κ2) is 5.94. The van der Waals surface area contributed by atoms with Crippen LogP contribution in [0.25, 0.3) is 11.1 Å². The Kier molecular flexibility index (Phi) is 3.76. The number of fused-ring (bicyclic) bond motifs is 3. The lowest BCUT2D eigenvalue weighted by molar-refractivity contribution is 0.0837. The summed E-state index contributed by atoms with van der Waals surface area (Å²) in [5.41, 5.74) is 1.74. The molecule has 0 radical (unpaired) electrons. The fraction of sp³-hybridized carbons (Fsp3) is 0.389. The van der Waals surface area contributed by atoms with E-state index >= 15 is 0 Å². The summed E-state index contributed by atoms with van der Waals surface area (Å²) in [7, 11) is 0. The van der Waals surface area contributed by atoms with Crippen molar-refractivity contribution in [3.05, 3.63) is 42.6 Å². The zero-order valence-electron chi connectivity index (χ0n) is 13.2. The number of amides is 1. The number of anilines is 1. The van der Waals surface area contributed by atoms with Crippen LogP contribution in [-0.2, 0) is 0 Å². The first-order valence-corrected chi connectivity index (χ1v) is 8.20. The Labute approximate surface area is 139 Å². The number of carboxylic acid groups (broad SMARTS) is 1. The molecule has 24 heavy (non-hydrogen) atoms. The van der Waals surface area contributed by atoms with Crippen LogP contribution in [0.15, 0.2) is 41.2 Å². The van der Waals surface area contributed by atoms with E-state index in [-0.39, 0.29) is 6.04 Å². The predicted octanol–water partition coefficient (Wildman–Crippen LogP) is 3.66. The van der Waals surface area contributed by atoms with Crippen molar-refractivity contribution < 1.29 is 18.7 Å². The van der Waals surface area contributed by atoms with Crippen molar-refractivity contribution in [2.24, 2.45) is 5.92 Å². The molecule has 6 heteroatoms. The third-order valence-electron chi connectivity index (χ3n) is 5.21. The minimum Gasteiger partial charge on any atom is -0.472 e. The van der Waals surface area contributed by atoms with Crippen LogP contribution in [0.1, 0.15) is 12.8 Å². The van der Waals surface area contributed by atoms with Crippen molar-refractivity contribution >= 4 is 11.8 Å². The quantitative estimate of drug-likeness (QED) is 0.933. The number of benzene rings is 1. The zero-order valence-corrected chi connectivity index (χ0v) is 13.2. The van der Waals surface area contributed by atoms with Crippen LogP contribution >= 0.6 is 0 Å². The zero-order chi connectivity index (χ0) is 16.7. The average molecular weight is 330 g/mol. The summed E-state index contributed by atoms with van der Waals surface area (Å²) in [5, 5.41) is 9.89. The van der Waals surface area contributed by atoms with E-state index < -0.39 is 11.9 Å². The van der Waals surface area contributed by atoms with Crippen LogP contribution in [0.2, 0.25) is 0 Å². The number of hydrogen-bond donors (Lipinski definition) is 1. The van der Waals surface area contributed by atoms with Crippen molar-refractivity contribution in [2.75, 3.05) is 24.5 Å². The summed E-state index contributed by atoms with van der Waals surface area (Å²) in [6, 6.07) is 5.87. The molecule has 1 atom stereocenters. The highest BCUT2D eigenvalue weighted by Crippen LogP contribution is 2.38. The summed E-state index contributed by atoms with van der Waals surface area (Å²) in [6.45, 7) is 2.80. The molecule has 5 rings (SSSR count). The molecule has 3 saturated heterocycles. The van der Waals surface area contributed by atoms with Gasteiger partial charge in [0.05, 0.1) is 24.3 Å². The molecule has 0 saturated carbocycles. The summed E-state index contributed by atoms with van der Waals surface area (Å²) in [4.78, 5) is 15.8. The molecule has 2 bridgehead atoms. The molecule has 4 heterocycles. The second-order valence-electron chi connectivity index (χ2n) is 6.53. The van der Waals surface area contributed by atoms with Crippen molar-refractivity contribution in [1.29, 1.82) is 0 Å². The van der Waals surface area contributed by atoms with E-state index in [4.69, 9.17) is 4.42 Å². The van der Waals surface area contributed by atoms with E-state index in [0.717, 1.165) is 32.5 Å². The van der Waals surface area contributed by atoms with Crippen LogP contribution < -0.4 is 4.90 Å². The fourth-order valence-corrected chi connectivity index (χ4v) is 4.02. The Morgan fingerprint density at radius 1 is 1.29 bits per heavy atom. The monoisotopic (exact) mass is 330 g/mol. The molecule has 1 N–H and O–H groups in total. The van der Waals surface area contributed by atoms with Gasteiger partial charge in [-0.1, -0.05) is 0 Å². The minimum atomic E-state index is -0.995. The average Bonchev–Trinajstić information content (AvgIpc) is 3.12. The first kappa shape index (κ1) is 15.2. The smallest absolute Gasteiger partial charge is 0.412 e. The number of furan rings is 1. The Balaban J connectivity index is 1.78. The van der Waals surface area contributed by atoms with Crippen molar-refractivity contribution in [2.45, 2.75) is 18.9 Å². The van der Waals surface area contributed by atoms with Gasteiger partial charge in [-0.25, -0.2) is 9.18 Å². The third-order valence-corrected chi connectivity index (χ3v) is 5.21. The maximum atomic E-state index is 13.8. The molecule has 0 aliphatic carbocycles. The Bertz CT molecular complexity index is 739. The van der Waals surface area contributed by atoms with Gasteiger partial charge in [-0.15, -0.1) is 0 Å². The number of nitrogens with zero attached hydrogens (tertiary/aromatic N) is 2. The lowest BCUT2D eigenvalue weighted by atomic mass is 9.82. The number of hydrogen-bond acceptors (Lipinski definition) is 3. The molecule has 1 amide bonds. The first-order chi connectivity index (χ1) is 11.6. The molecule has 5 nitrogen and oxygen atoms in total. The van der Waals surface area contributed by atoms with Crippen molar-refractivity contribution in [1.82, 2.24) is 4.90 Å². The molecule has 2 aromatic rings.